The molecule has 0 bridgehead atoms. The van der Waals surface area contributed by atoms with Gasteiger partial charge in [0.25, 0.3) is 0 Å². The fourth-order valence-corrected chi connectivity index (χ4v) is 4.24. The van der Waals surface area contributed by atoms with Gasteiger partial charge in [0, 0.05) is 0 Å². The van der Waals surface area contributed by atoms with Crippen molar-refractivity contribution in [3.8, 4) is 0 Å². The number of hydroxylamine groups is 2. The van der Waals surface area contributed by atoms with E-state index in [0.29, 0.717) is 0 Å². The van der Waals surface area contributed by atoms with Crippen molar-refractivity contribution in [2.24, 2.45) is 0 Å². The molecule has 1 rings (SSSR count). The lowest BCUT2D eigenvalue weighted by atomic mass is 9.82. The molecule has 0 radical (unpaired) electrons. The minimum atomic E-state index is -0.417. The van der Waals surface area contributed by atoms with Gasteiger partial charge < -0.3 is 9.57 Å². The molecule has 0 atom stereocenters. The molecule has 0 aromatic carbocycles. The summed E-state index contributed by atoms with van der Waals surface area (Å²) in [7, 11) is 1.51. The molecule has 0 aromatic rings. The van der Waals surface area contributed by atoms with Crippen LogP contribution in [0.15, 0.2) is 10.00 Å². The molecule has 1 aliphatic heterocycles. The molecule has 1 aliphatic rings. The number of ether oxygens (including phenoxy) is 1. The van der Waals surface area contributed by atoms with Gasteiger partial charge in [-0.05, 0) is 59.5 Å². The highest BCUT2D eigenvalue weighted by Gasteiger charge is 2.45. The van der Waals surface area contributed by atoms with E-state index < -0.39 is 5.97 Å². The van der Waals surface area contributed by atoms with Gasteiger partial charge in [0.2, 0.25) is 5.76 Å². The SMILES string of the molecule is COC(C(=O)ON1C(C)(C)CCCC1(C)C)=C(SC)SC. The van der Waals surface area contributed by atoms with Crippen LogP contribution in [0.1, 0.15) is 47.0 Å². The first-order valence-electron chi connectivity index (χ1n) is 7.08. The number of hydrogen-bond donors (Lipinski definition) is 0. The first-order valence-corrected chi connectivity index (χ1v) is 9.53. The summed E-state index contributed by atoms with van der Waals surface area (Å²) in [5, 5.41) is 1.85. The Hall–Kier alpha value is -0.330. The number of piperidine rings is 1. The first kappa shape index (κ1) is 18.7. The quantitative estimate of drug-likeness (QED) is 0.559. The molecule has 122 valence electrons. The summed E-state index contributed by atoms with van der Waals surface area (Å²) in [6, 6.07) is 0. The van der Waals surface area contributed by atoms with Crippen LogP contribution in [0.5, 0.6) is 0 Å². The number of rotatable bonds is 5. The van der Waals surface area contributed by atoms with E-state index in [0.717, 1.165) is 23.5 Å². The molecule has 1 heterocycles. The van der Waals surface area contributed by atoms with Crippen LogP contribution in [0.4, 0.5) is 0 Å². The third-order valence-electron chi connectivity index (χ3n) is 3.80. The van der Waals surface area contributed by atoms with Gasteiger partial charge in [-0.2, -0.15) is 0 Å². The maximum atomic E-state index is 12.5. The van der Waals surface area contributed by atoms with Gasteiger partial charge in [-0.3, -0.25) is 0 Å². The Labute approximate surface area is 137 Å². The predicted octanol–water partition coefficient (Wildman–Crippen LogP) is 4.03. The van der Waals surface area contributed by atoms with Gasteiger partial charge >= 0.3 is 5.97 Å². The highest BCUT2D eigenvalue weighted by molar-refractivity contribution is 8.21. The molecule has 0 amide bonds. The zero-order chi connectivity index (χ0) is 16.3. The number of carbonyl (C=O) groups excluding carboxylic acids is 1. The standard InChI is InChI=1S/C15H27NO3S2/c1-14(2)9-8-10-15(3,4)16(14)19-12(17)11(18-5)13(20-6)21-7/h8-10H2,1-7H3. The number of hydrogen-bond acceptors (Lipinski definition) is 6. The van der Waals surface area contributed by atoms with Gasteiger partial charge in [0.05, 0.1) is 22.4 Å². The van der Waals surface area contributed by atoms with Gasteiger partial charge in [-0.1, -0.05) is 0 Å². The second kappa shape index (κ2) is 7.29. The van der Waals surface area contributed by atoms with Crippen molar-refractivity contribution in [1.82, 2.24) is 5.06 Å². The van der Waals surface area contributed by atoms with E-state index in [1.54, 1.807) is 0 Å². The average Bonchev–Trinajstić information content (AvgIpc) is 2.39. The molecule has 0 saturated carbocycles. The van der Waals surface area contributed by atoms with E-state index in [9.17, 15) is 4.79 Å². The van der Waals surface area contributed by atoms with E-state index in [1.165, 1.54) is 30.6 Å². The maximum absolute atomic E-state index is 12.5. The molecule has 21 heavy (non-hydrogen) atoms. The largest absolute Gasteiger partial charge is 0.489 e. The Morgan fingerprint density at radius 3 is 1.90 bits per heavy atom. The second-order valence-corrected chi connectivity index (χ2v) is 8.27. The maximum Gasteiger partial charge on any atom is 0.394 e. The molecule has 6 heteroatoms. The summed E-state index contributed by atoms with van der Waals surface area (Å²) in [5.74, 6) is -0.133. The van der Waals surface area contributed by atoms with Crippen LogP contribution in [-0.2, 0) is 14.4 Å². The van der Waals surface area contributed by atoms with Crippen molar-refractivity contribution in [3.63, 3.8) is 0 Å². The Balaban J connectivity index is 3.01. The van der Waals surface area contributed by atoms with E-state index in [1.807, 2.05) is 17.6 Å². The van der Waals surface area contributed by atoms with Crippen molar-refractivity contribution >= 4 is 29.5 Å². The summed E-state index contributed by atoms with van der Waals surface area (Å²) < 4.78 is 6.10. The summed E-state index contributed by atoms with van der Waals surface area (Å²) >= 11 is 2.98. The van der Waals surface area contributed by atoms with Crippen LogP contribution in [0.2, 0.25) is 0 Å². The molecular weight excluding hydrogens is 306 g/mol. The number of methoxy groups -OCH3 is 1. The lowest BCUT2D eigenvalue weighted by molar-refractivity contribution is -0.264. The van der Waals surface area contributed by atoms with Gasteiger partial charge in [0.1, 0.15) is 0 Å². The van der Waals surface area contributed by atoms with E-state index in [-0.39, 0.29) is 16.8 Å². The van der Waals surface area contributed by atoms with Gasteiger partial charge in [-0.25, -0.2) is 4.79 Å². The zero-order valence-corrected chi connectivity index (χ0v) is 15.7. The minimum Gasteiger partial charge on any atom is -0.489 e. The topological polar surface area (TPSA) is 38.8 Å². The molecule has 1 fully saturated rings. The van der Waals surface area contributed by atoms with E-state index >= 15 is 0 Å². The summed E-state index contributed by atoms with van der Waals surface area (Å²) in [6.45, 7) is 8.45. The molecule has 0 unspecified atom stereocenters. The minimum absolute atomic E-state index is 0.171. The number of nitrogens with zero attached hydrogens (tertiary/aromatic N) is 1. The molecule has 0 aromatic heterocycles. The normalized spacial score (nSPS) is 20.7. The van der Waals surface area contributed by atoms with Crippen molar-refractivity contribution in [3.05, 3.63) is 10.00 Å². The Bertz CT molecular complexity index is 397. The number of thioether (sulfide) groups is 2. The molecule has 0 N–H and O–H groups in total. The fraction of sp³-hybridized carbons (Fsp3) is 0.800. The van der Waals surface area contributed by atoms with Crippen molar-refractivity contribution in [2.45, 2.75) is 58.0 Å². The molecule has 4 nitrogen and oxygen atoms in total. The Morgan fingerprint density at radius 1 is 1.05 bits per heavy atom. The summed E-state index contributed by atoms with van der Waals surface area (Å²) in [4.78, 5) is 18.2. The van der Waals surface area contributed by atoms with Crippen LogP contribution in [0.3, 0.4) is 0 Å². The summed E-state index contributed by atoms with van der Waals surface area (Å²) in [6.07, 6.45) is 7.00. The highest BCUT2D eigenvalue weighted by atomic mass is 32.2. The smallest absolute Gasteiger partial charge is 0.394 e. The van der Waals surface area contributed by atoms with E-state index in [2.05, 4.69) is 27.7 Å². The predicted molar refractivity (Wildman–Crippen MR) is 91.0 cm³/mol. The third kappa shape index (κ3) is 4.33. The molecule has 0 spiro atoms. The summed E-state index contributed by atoms with van der Waals surface area (Å²) in [5.41, 5.74) is -0.343. The second-order valence-electron chi connectivity index (χ2n) is 6.38. The van der Waals surface area contributed by atoms with Crippen LogP contribution in [0.25, 0.3) is 0 Å². The van der Waals surface area contributed by atoms with Crippen molar-refractivity contribution in [1.29, 1.82) is 0 Å². The molecule has 1 saturated heterocycles. The lowest BCUT2D eigenvalue weighted by Crippen LogP contribution is -2.59. The number of carbonyl (C=O) groups is 1. The fourth-order valence-electron chi connectivity index (χ4n) is 2.87. The van der Waals surface area contributed by atoms with Gasteiger partial charge in [0.15, 0.2) is 0 Å². The van der Waals surface area contributed by atoms with Gasteiger partial charge in [-0.15, -0.1) is 28.6 Å². The zero-order valence-electron chi connectivity index (χ0n) is 14.1. The highest BCUT2D eigenvalue weighted by Crippen LogP contribution is 2.39. The molecule has 0 aliphatic carbocycles. The monoisotopic (exact) mass is 333 g/mol. The van der Waals surface area contributed by atoms with Crippen LogP contribution < -0.4 is 0 Å². The van der Waals surface area contributed by atoms with Crippen LogP contribution >= 0.6 is 23.5 Å². The molecular formula is C15H27NO3S2. The average molecular weight is 334 g/mol. The van der Waals surface area contributed by atoms with E-state index in [4.69, 9.17) is 9.57 Å². The van der Waals surface area contributed by atoms with Crippen molar-refractivity contribution in [2.75, 3.05) is 19.6 Å². The van der Waals surface area contributed by atoms with Crippen LogP contribution in [-0.4, -0.2) is 41.7 Å². The Morgan fingerprint density at radius 2 is 1.52 bits per heavy atom. The van der Waals surface area contributed by atoms with Crippen LogP contribution in [0, 0.1) is 0 Å². The lowest BCUT2D eigenvalue weighted by Gasteiger charge is -2.50. The third-order valence-corrected chi connectivity index (χ3v) is 5.91. The Kier molecular flexibility index (Phi) is 6.50. The van der Waals surface area contributed by atoms with Crippen molar-refractivity contribution < 1.29 is 14.4 Å². The first-order chi connectivity index (χ1) is 9.69.